The van der Waals surface area contributed by atoms with E-state index in [0.717, 1.165) is 17.8 Å². The van der Waals surface area contributed by atoms with Gasteiger partial charge in [-0.3, -0.25) is 4.98 Å². The molecule has 1 aromatic rings. The van der Waals surface area contributed by atoms with E-state index in [4.69, 9.17) is 5.11 Å². The molecule has 3 heteroatoms. The van der Waals surface area contributed by atoms with Crippen LogP contribution in [0.15, 0.2) is 18.2 Å². The maximum absolute atomic E-state index is 8.67. The minimum Gasteiger partial charge on any atom is -0.395 e. The standard InChI is InChI=1S/C13H20N2O/c1-3-5-13-11(4-2)6-7-12(15-13)10-14-8-9-16/h3,5-7,14,16H,4,8-10H2,1-2H3/b5-3-. The zero-order valence-corrected chi connectivity index (χ0v) is 10.0. The van der Waals surface area contributed by atoms with Crippen LogP contribution in [0.1, 0.15) is 30.8 Å². The van der Waals surface area contributed by atoms with E-state index in [9.17, 15) is 0 Å². The summed E-state index contributed by atoms with van der Waals surface area (Å²) in [6.45, 7) is 5.60. The van der Waals surface area contributed by atoms with Crippen LogP contribution in [0.4, 0.5) is 0 Å². The Hall–Kier alpha value is -1.19. The molecule has 2 N–H and O–H groups in total. The highest BCUT2D eigenvalue weighted by atomic mass is 16.3. The normalized spacial score (nSPS) is 11.2. The summed E-state index contributed by atoms with van der Waals surface area (Å²) in [4.78, 5) is 4.57. The van der Waals surface area contributed by atoms with E-state index in [1.165, 1.54) is 5.56 Å². The summed E-state index contributed by atoms with van der Waals surface area (Å²) in [7, 11) is 0. The molecule has 0 saturated carbocycles. The van der Waals surface area contributed by atoms with Crippen molar-refractivity contribution in [2.75, 3.05) is 13.2 Å². The third-order valence-electron chi connectivity index (χ3n) is 2.37. The van der Waals surface area contributed by atoms with Gasteiger partial charge in [0.15, 0.2) is 0 Å². The van der Waals surface area contributed by atoms with Gasteiger partial charge in [-0.05, 0) is 31.1 Å². The monoisotopic (exact) mass is 220 g/mol. The Morgan fingerprint density at radius 2 is 2.25 bits per heavy atom. The Balaban J connectivity index is 2.76. The van der Waals surface area contributed by atoms with Crippen molar-refractivity contribution in [3.63, 3.8) is 0 Å². The lowest BCUT2D eigenvalue weighted by Gasteiger charge is -2.07. The second kappa shape index (κ2) is 7.14. The van der Waals surface area contributed by atoms with E-state index in [0.29, 0.717) is 13.1 Å². The maximum atomic E-state index is 8.67. The Bertz CT molecular complexity index is 348. The molecule has 0 atom stereocenters. The molecule has 3 nitrogen and oxygen atoms in total. The summed E-state index contributed by atoms with van der Waals surface area (Å²) < 4.78 is 0. The lowest BCUT2D eigenvalue weighted by Crippen LogP contribution is -2.18. The van der Waals surface area contributed by atoms with Crippen LogP contribution in [-0.4, -0.2) is 23.2 Å². The predicted octanol–water partition coefficient (Wildman–Crippen LogP) is 1.76. The number of pyridine rings is 1. The molecule has 0 amide bonds. The number of hydrogen-bond acceptors (Lipinski definition) is 3. The molecule has 16 heavy (non-hydrogen) atoms. The van der Waals surface area contributed by atoms with Gasteiger partial charge in [-0.15, -0.1) is 0 Å². The summed E-state index contributed by atoms with van der Waals surface area (Å²) in [6.07, 6.45) is 5.04. The minimum atomic E-state index is 0.161. The molecular formula is C13H20N2O. The van der Waals surface area contributed by atoms with Gasteiger partial charge < -0.3 is 10.4 Å². The van der Waals surface area contributed by atoms with Crippen molar-refractivity contribution < 1.29 is 5.11 Å². The van der Waals surface area contributed by atoms with E-state index in [1.54, 1.807) is 0 Å². The Morgan fingerprint density at radius 3 is 2.88 bits per heavy atom. The van der Waals surface area contributed by atoms with Gasteiger partial charge in [-0.2, -0.15) is 0 Å². The predicted molar refractivity (Wildman–Crippen MR) is 67.1 cm³/mol. The number of aryl methyl sites for hydroxylation is 1. The average Bonchev–Trinajstić information content (AvgIpc) is 2.30. The SMILES string of the molecule is C/C=C\c1nc(CNCCO)ccc1CC. The summed E-state index contributed by atoms with van der Waals surface area (Å²) in [5.74, 6) is 0. The first kappa shape index (κ1) is 12.9. The van der Waals surface area contributed by atoms with Gasteiger partial charge >= 0.3 is 0 Å². The van der Waals surface area contributed by atoms with E-state index in [2.05, 4.69) is 23.3 Å². The third kappa shape index (κ3) is 3.76. The van der Waals surface area contributed by atoms with Crippen LogP contribution in [0.3, 0.4) is 0 Å². The molecular weight excluding hydrogens is 200 g/mol. The highest BCUT2D eigenvalue weighted by Crippen LogP contribution is 2.10. The molecule has 0 spiro atoms. The molecule has 1 aromatic heterocycles. The van der Waals surface area contributed by atoms with Crippen LogP contribution >= 0.6 is 0 Å². The number of allylic oxidation sites excluding steroid dienone is 1. The second-order valence-electron chi connectivity index (χ2n) is 3.60. The fraction of sp³-hybridized carbons (Fsp3) is 0.462. The first-order valence-electron chi connectivity index (χ1n) is 5.74. The van der Waals surface area contributed by atoms with Crippen LogP contribution in [0, 0.1) is 0 Å². The Morgan fingerprint density at radius 1 is 1.44 bits per heavy atom. The summed E-state index contributed by atoms with van der Waals surface area (Å²) >= 11 is 0. The molecule has 0 unspecified atom stereocenters. The van der Waals surface area contributed by atoms with Gasteiger partial charge in [-0.25, -0.2) is 0 Å². The number of rotatable bonds is 6. The van der Waals surface area contributed by atoms with Crippen molar-refractivity contribution in [2.45, 2.75) is 26.8 Å². The quantitative estimate of drug-likeness (QED) is 0.718. The number of aliphatic hydroxyl groups is 1. The molecule has 1 heterocycles. The molecule has 1 rings (SSSR count). The fourth-order valence-electron chi connectivity index (χ4n) is 1.54. The smallest absolute Gasteiger partial charge is 0.0662 e. The average molecular weight is 220 g/mol. The lowest BCUT2D eigenvalue weighted by atomic mass is 10.1. The van der Waals surface area contributed by atoms with Gasteiger partial charge in [0.1, 0.15) is 0 Å². The molecule has 0 aliphatic carbocycles. The van der Waals surface area contributed by atoms with Crippen molar-refractivity contribution >= 4 is 6.08 Å². The van der Waals surface area contributed by atoms with E-state index in [1.807, 2.05) is 25.1 Å². The Labute approximate surface area is 97.2 Å². The van der Waals surface area contributed by atoms with Crippen LogP contribution in [0.25, 0.3) is 6.08 Å². The fourth-order valence-corrected chi connectivity index (χ4v) is 1.54. The number of hydrogen-bond donors (Lipinski definition) is 2. The highest BCUT2D eigenvalue weighted by Gasteiger charge is 2.01. The summed E-state index contributed by atoms with van der Waals surface area (Å²) in [5.41, 5.74) is 3.33. The number of nitrogens with zero attached hydrogens (tertiary/aromatic N) is 1. The van der Waals surface area contributed by atoms with E-state index >= 15 is 0 Å². The van der Waals surface area contributed by atoms with Crippen molar-refractivity contribution in [1.82, 2.24) is 10.3 Å². The molecule has 0 radical (unpaired) electrons. The van der Waals surface area contributed by atoms with Crippen molar-refractivity contribution in [2.24, 2.45) is 0 Å². The van der Waals surface area contributed by atoms with Crippen molar-refractivity contribution in [1.29, 1.82) is 0 Å². The maximum Gasteiger partial charge on any atom is 0.0662 e. The van der Waals surface area contributed by atoms with Crippen LogP contribution in [0.5, 0.6) is 0 Å². The second-order valence-corrected chi connectivity index (χ2v) is 3.60. The van der Waals surface area contributed by atoms with E-state index < -0.39 is 0 Å². The molecule has 0 aliphatic heterocycles. The largest absolute Gasteiger partial charge is 0.395 e. The molecule has 0 bridgehead atoms. The molecule has 0 aliphatic rings. The minimum absolute atomic E-state index is 0.161. The molecule has 88 valence electrons. The topological polar surface area (TPSA) is 45.2 Å². The van der Waals surface area contributed by atoms with Gasteiger partial charge in [0.05, 0.1) is 18.0 Å². The van der Waals surface area contributed by atoms with Gasteiger partial charge in [0.2, 0.25) is 0 Å². The van der Waals surface area contributed by atoms with Crippen molar-refractivity contribution in [3.05, 3.63) is 35.2 Å². The number of aliphatic hydroxyl groups excluding tert-OH is 1. The van der Waals surface area contributed by atoms with Gasteiger partial charge in [0.25, 0.3) is 0 Å². The lowest BCUT2D eigenvalue weighted by molar-refractivity contribution is 0.291. The molecule has 0 saturated heterocycles. The number of nitrogens with one attached hydrogen (secondary N) is 1. The van der Waals surface area contributed by atoms with Crippen molar-refractivity contribution in [3.8, 4) is 0 Å². The zero-order chi connectivity index (χ0) is 11.8. The first-order valence-corrected chi connectivity index (χ1v) is 5.74. The summed E-state index contributed by atoms with van der Waals surface area (Å²) in [5, 5.41) is 11.8. The van der Waals surface area contributed by atoms with Crippen LogP contribution in [0.2, 0.25) is 0 Å². The highest BCUT2D eigenvalue weighted by molar-refractivity contribution is 5.49. The summed E-state index contributed by atoms with van der Waals surface area (Å²) in [6, 6.07) is 4.16. The molecule has 0 aromatic carbocycles. The van der Waals surface area contributed by atoms with Gasteiger partial charge in [0, 0.05) is 13.1 Å². The number of aromatic nitrogens is 1. The van der Waals surface area contributed by atoms with Gasteiger partial charge in [-0.1, -0.05) is 19.1 Å². The van der Waals surface area contributed by atoms with E-state index in [-0.39, 0.29) is 6.61 Å². The zero-order valence-electron chi connectivity index (χ0n) is 10.0. The van der Waals surface area contributed by atoms with Crippen LogP contribution < -0.4 is 5.32 Å². The first-order chi connectivity index (χ1) is 7.81. The van der Waals surface area contributed by atoms with Crippen LogP contribution in [-0.2, 0) is 13.0 Å². The third-order valence-corrected chi connectivity index (χ3v) is 2.37. The molecule has 0 fully saturated rings. The Kier molecular flexibility index (Phi) is 5.75.